The van der Waals surface area contributed by atoms with Crippen LogP contribution in [0.15, 0.2) is 72.2 Å². The van der Waals surface area contributed by atoms with E-state index in [1.165, 1.54) is 34.6 Å². The molecule has 0 radical (unpaired) electrons. The van der Waals surface area contributed by atoms with Crippen LogP contribution in [0.25, 0.3) is 6.08 Å². The summed E-state index contributed by atoms with van der Waals surface area (Å²) in [6.07, 6.45) is 4.84. The molecule has 6 nitrogen and oxygen atoms in total. The first-order chi connectivity index (χ1) is 14.0. The Morgan fingerprint density at radius 1 is 1.07 bits per heavy atom. The van der Waals surface area contributed by atoms with Crippen molar-refractivity contribution in [2.24, 2.45) is 0 Å². The predicted molar refractivity (Wildman–Crippen MR) is 112 cm³/mol. The monoisotopic (exact) mass is 413 g/mol. The molecule has 29 heavy (non-hydrogen) atoms. The van der Waals surface area contributed by atoms with E-state index in [1.54, 1.807) is 12.2 Å². The minimum Gasteiger partial charge on any atom is -0.490 e. The van der Waals surface area contributed by atoms with Crippen molar-refractivity contribution in [3.63, 3.8) is 0 Å². The van der Waals surface area contributed by atoms with E-state index in [4.69, 9.17) is 9.47 Å². The molecular weight excluding hydrogens is 390 g/mol. The Morgan fingerprint density at radius 2 is 1.72 bits per heavy atom. The highest BCUT2D eigenvalue weighted by Gasteiger charge is 2.26. The fourth-order valence-corrected chi connectivity index (χ4v) is 4.23. The van der Waals surface area contributed by atoms with Gasteiger partial charge >= 0.3 is 0 Å². The van der Waals surface area contributed by atoms with Gasteiger partial charge in [0.2, 0.25) is 10.0 Å². The van der Waals surface area contributed by atoms with Crippen molar-refractivity contribution in [2.45, 2.75) is 4.90 Å². The number of carbonyl (C=O) groups is 1. The van der Waals surface area contributed by atoms with Gasteiger partial charge in [0.1, 0.15) is 12.4 Å². The van der Waals surface area contributed by atoms with Gasteiger partial charge in [-0.05, 0) is 48.0 Å². The number of benzene rings is 2. The molecule has 0 amide bonds. The standard InChI is InChI=1S/C22H23NO5S/c1-2-15-28-20-8-3-18(4-9-20)5-12-22(24)19-6-10-21(11-7-19)29(25,26)23-13-16-27-17-14-23/h2-12H,1,13-17H2/b12-5+. The molecule has 0 spiro atoms. The number of sulfonamides is 1. The van der Waals surface area contributed by atoms with Crippen LogP contribution < -0.4 is 4.74 Å². The lowest BCUT2D eigenvalue weighted by molar-refractivity contribution is 0.0730. The highest BCUT2D eigenvalue weighted by atomic mass is 32.2. The largest absolute Gasteiger partial charge is 0.490 e. The quantitative estimate of drug-likeness (QED) is 0.378. The lowest BCUT2D eigenvalue weighted by Gasteiger charge is -2.26. The van der Waals surface area contributed by atoms with E-state index in [0.717, 1.165) is 11.3 Å². The van der Waals surface area contributed by atoms with Crippen LogP contribution in [-0.2, 0) is 14.8 Å². The van der Waals surface area contributed by atoms with Crippen LogP contribution in [0.1, 0.15) is 15.9 Å². The molecule has 0 unspecified atom stereocenters. The van der Waals surface area contributed by atoms with E-state index >= 15 is 0 Å². The summed E-state index contributed by atoms with van der Waals surface area (Å²) < 4.78 is 37.3. The summed E-state index contributed by atoms with van der Waals surface area (Å²) in [5.74, 6) is 0.526. The van der Waals surface area contributed by atoms with Crippen LogP contribution in [0.3, 0.4) is 0 Å². The third-order valence-corrected chi connectivity index (χ3v) is 6.33. The zero-order chi connectivity index (χ0) is 20.7. The molecule has 1 aliphatic rings. The van der Waals surface area contributed by atoms with Crippen LogP contribution in [0, 0.1) is 0 Å². The fourth-order valence-electron chi connectivity index (χ4n) is 2.83. The van der Waals surface area contributed by atoms with Gasteiger partial charge in [-0.15, -0.1) is 0 Å². The second kappa shape index (κ2) is 9.65. The Bertz CT molecular complexity index is 973. The lowest BCUT2D eigenvalue weighted by atomic mass is 10.1. The van der Waals surface area contributed by atoms with Crippen LogP contribution in [-0.4, -0.2) is 51.4 Å². The van der Waals surface area contributed by atoms with Gasteiger partial charge in [0.05, 0.1) is 18.1 Å². The highest BCUT2D eigenvalue weighted by Crippen LogP contribution is 2.18. The van der Waals surface area contributed by atoms with Gasteiger partial charge in [-0.25, -0.2) is 8.42 Å². The van der Waals surface area contributed by atoms with E-state index in [0.29, 0.717) is 38.5 Å². The number of hydrogen-bond donors (Lipinski definition) is 0. The molecule has 1 saturated heterocycles. The van der Waals surface area contributed by atoms with Crippen LogP contribution in [0.5, 0.6) is 5.75 Å². The molecule has 0 bridgehead atoms. The van der Waals surface area contributed by atoms with Crippen molar-refractivity contribution >= 4 is 21.9 Å². The molecule has 1 fully saturated rings. The number of allylic oxidation sites excluding steroid dienone is 1. The van der Waals surface area contributed by atoms with Crippen LogP contribution in [0.4, 0.5) is 0 Å². The average molecular weight is 413 g/mol. The van der Waals surface area contributed by atoms with Crippen molar-refractivity contribution in [1.82, 2.24) is 4.31 Å². The van der Waals surface area contributed by atoms with Gasteiger partial charge < -0.3 is 9.47 Å². The molecule has 1 heterocycles. The van der Waals surface area contributed by atoms with E-state index in [-0.39, 0.29) is 10.7 Å². The molecule has 0 atom stereocenters. The predicted octanol–water partition coefficient (Wildman–Crippen LogP) is 3.17. The van der Waals surface area contributed by atoms with E-state index in [9.17, 15) is 13.2 Å². The Morgan fingerprint density at radius 3 is 2.34 bits per heavy atom. The summed E-state index contributed by atoms with van der Waals surface area (Å²) in [6.45, 7) is 5.49. The summed E-state index contributed by atoms with van der Waals surface area (Å²) in [4.78, 5) is 12.6. The zero-order valence-corrected chi connectivity index (χ0v) is 16.8. The maximum absolute atomic E-state index is 12.6. The number of ether oxygens (including phenoxy) is 2. The van der Waals surface area contributed by atoms with Crippen molar-refractivity contribution in [1.29, 1.82) is 0 Å². The number of rotatable bonds is 8. The first kappa shape index (κ1) is 21.0. The number of ketones is 1. The van der Waals surface area contributed by atoms with Gasteiger partial charge in [0, 0.05) is 18.7 Å². The van der Waals surface area contributed by atoms with Crippen LogP contribution in [0.2, 0.25) is 0 Å². The number of nitrogens with zero attached hydrogens (tertiary/aromatic N) is 1. The lowest BCUT2D eigenvalue weighted by Crippen LogP contribution is -2.40. The third kappa shape index (κ3) is 5.41. The van der Waals surface area contributed by atoms with Gasteiger partial charge in [-0.2, -0.15) is 4.31 Å². The smallest absolute Gasteiger partial charge is 0.243 e. The first-order valence-electron chi connectivity index (χ1n) is 9.25. The SMILES string of the molecule is C=CCOc1ccc(/C=C/C(=O)c2ccc(S(=O)(=O)N3CCOCC3)cc2)cc1. The molecular formula is C22H23NO5S. The van der Waals surface area contributed by atoms with Crippen LogP contribution >= 0.6 is 0 Å². The second-order valence-corrected chi connectivity index (χ2v) is 8.35. The fraction of sp³-hybridized carbons (Fsp3) is 0.227. The normalized spacial score (nSPS) is 15.3. The summed E-state index contributed by atoms with van der Waals surface area (Å²) >= 11 is 0. The number of morpholine rings is 1. The summed E-state index contributed by atoms with van der Waals surface area (Å²) in [5, 5.41) is 0. The molecule has 2 aromatic carbocycles. The van der Waals surface area contributed by atoms with Gasteiger partial charge in [0.25, 0.3) is 0 Å². The molecule has 0 N–H and O–H groups in total. The molecule has 1 aliphatic heterocycles. The summed E-state index contributed by atoms with van der Waals surface area (Å²) in [5.41, 5.74) is 1.28. The van der Waals surface area contributed by atoms with Gasteiger partial charge in [-0.3, -0.25) is 4.79 Å². The van der Waals surface area contributed by atoms with Crippen molar-refractivity contribution in [3.8, 4) is 5.75 Å². The van der Waals surface area contributed by atoms with E-state index in [2.05, 4.69) is 6.58 Å². The Hall–Kier alpha value is -2.74. The minimum atomic E-state index is -3.56. The Kier molecular flexibility index (Phi) is 6.98. The van der Waals surface area contributed by atoms with Crippen molar-refractivity contribution < 1.29 is 22.7 Å². The Balaban J connectivity index is 1.65. The van der Waals surface area contributed by atoms with Crippen molar-refractivity contribution in [2.75, 3.05) is 32.9 Å². The number of hydrogen-bond acceptors (Lipinski definition) is 5. The summed E-state index contributed by atoms with van der Waals surface area (Å²) in [6, 6.07) is 13.3. The molecule has 2 aromatic rings. The van der Waals surface area contributed by atoms with E-state index < -0.39 is 10.0 Å². The molecule has 0 saturated carbocycles. The Labute approximate surface area is 171 Å². The molecule has 0 aromatic heterocycles. The average Bonchev–Trinajstić information content (AvgIpc) is 2.77. The van der Waals surface area contributed by atoms with Gasteiger partial charge in [-0.1, -0.05) is 30.9 Å². The topological polar surface area (TPSA) is 72.9 Å². The molecule has 152 valence electrons. The maximum Gasteiger partial charge on any atom is 0.243 e. The zero-order valence-electron chi connectivity index (χ0n) is 16.0. The van der Waals surface area contributed by atoms with Crippen molar-refractivity contribution in [3.05, 3.63) is 78.4 Å². The highest BCUT2D eigenvalue weighted by molar-refractivity contribution is 7.89. The maximum atomic E-state index is 12.6. The molecule has 7 heteroatoms. The third-order valence-electron chi connectivity index (χ3n) is 4.42. The van der Waals surface area contributed by atoms with E-state index in [1.807, 2.05) is 24.3 Å². The number of carbonyl (C=O) groups excluding carboxylic acids is 1. The van der Waals surface area contributed by atoms with Gasteiger partial charge in [0.15, 0.2) is 5.78 Å². The molecule has 3 rings (SSSR count). The first-order valence-corrected chi connectivity index (χ1v) is 10.7. The molecule has 0 aliphatic carbocycles. The minimum absolute atomic E-state index is 0.176. The second-order valence-electron chi connectivity index (χ2n) is 6.41. The summed E-state index contributed by atoms with van der Waals surface area (Å²) in [7, 11) is -3.56.